The molecular weight excluding hydrogens is 294 g/mol. The van der Waals surface area contributed by atoms with Gasteiger partial charge in [-0.2, -0.15) is 0 Å². The van der Waals surface area contributed by atoms with Crippen molar-refractivity contribution in [3.05, 3.63) is 22.4 Å². The number of nitrogens with zero attached hydrogens (tertiary/aromatic N) is 1. The van der Waals surface area contributed by atoms with E-state index < -0.39 is 11.0 Å². The molecule has 0 aromatic carbocycles. The fraction of sp³-hybridized carbons (Fsp3) is 0.538. The minimum Gasteiger partial charge on any atom is -0.325 e. The molecule has 0 atom stereocenters. The van der Waals surface area contributed by atoms with Gasteiger partial charge in [0, 0.05) is 5.54 Å². The summed E-state index contributed by atoms with van der Waals surface area (Å²) in [5.74, 6) is -0.112. The molecule has 1 heterocycles. The number of halogens is 1. The Bertz CT molecular complexity index is 464. The van der Waals surface area contributed by atoms with Crippen molar-refractivity contribution in [2.45, 2.75) is 40.2 Å². The van der Waals surface area contributed by atoms with Gasteiger partial charge in [-0.05, 0) is 62.2 Å². The molecule has 5 heteroatoms. The third-order valence-corrected chi connectivity index (χ3v) is 4.28. The topological polar surface area (TPSA) is 68.0 Å². The summed E-state index contributed by atoms with van der Waals surface area (Å²) in [4.78, 5) is 16.4. The van der Waals surface area contributed by atoms with Gasteiger partial charge >= 0.3 is 0 Å². The highest BCUT2D eigenvalue weighted by Crippen LogP contribution is 2.30. The predicted octanol–water partition coefficient (Wildman–Crippen LogP) is 2.85. The maximum atomic E-state index is 12.2. The van der Waals surface area contributed by atoms with Gasteiger partial charge in [0.15, 0.2) is 0 Å². The second kappa shape index (κ2) is 4.97. The van der Waals surface area contributed by atoms with Crippen LogP contribution in [0.2, 0.25) is 0 Å². The fourth-order valence-electron chi connectivity index (χ4n) is 1.21. The first-order chi connectivity index (χ1) is 8.05. The zero-order valence-electron chi connectivity index (χ0n) is 11.5. The van der Waals surface area contributed by atoms with Crippen molar-refractivity contribution in [2.24, 2.45) is 11.1 Å². The Morgan fingerprint density at radius 2 is 1.94 bits per heavy atom. The minimum atomic E-state index is -0.673. The Balaban J connectivity index is 2.91. The maximum absolute atomic E-state index is 12.2. The molecule has 0 unspecified atom stereocenters. The maximum Gasteiger partial charge on any atom is 0.231 e. The largest absolute Gasteiger partial charge is 0.325 e. The van der Waals surface area contributed by atoms with Crippen molar-refractivity contribution < 1.29 is 4.79 Å². The highest BCUT2D eigenvalue weighted by atomic mass is 79.9. The number of carbonyl (C=O) groups is 1. The van der Waals surface area contributed by atoms with E-state index >= 15 is 0 Å². The number of nitrogens with one attached hydrogen (secondary N) is 1. The Hall–Kier alpha value is -0.940. The molecule has 0 fully saturated rings. The first kappa shape index (κ1) is 15.1. The van der Waals surface area contributed by atoms with E-state index in [1.807, 2.05) is 40.7 Å². The van der Waals surface area contributed by atoms with E-state index in [4.69, 9.17) is 5.73 Å². The van der Waals surface area contributed by atoms with Gasteiger partial charge in [-0.1, -0.05) is 0 Å². The van der Waals surface area contributed by atoms with E-state index in [9.17, 15) is 4.79 Å². The van der Waals surface area contributed by atoms with Crippen LogP contribution in [0.1, 0.15) is 33.3 Å². The Morgan fingerprint density at radius 1 is 1.39 bits per heavy atom. The number of pyridine rings is 1. The van der Waals surface area contributed by atoms with Crippen LogP contribution >= 0.6 is 15.9 Å². The molecule has 1 rings (SSSR count). The van der Waals surface area contributed by atoms with Gasteiger partial charge in [0.25, 0.3) is 0 Å². The lowest BCUT2D eigenvalue weighted by atomic mass is 9.74. The minimum absolute atomic E-state index is 0.112. The summed E-state index contributed by atoms with van der Waals surface area (Å²) in [6.45, 7) is 9.28. The summed E-state index contributed by atoms with van der Waals surface area (Å²) >= 11 is 3.32. The first-order valence-electron chi connectivity index (χ1n) is 5.78. The lowest BCUT2D eigenvalue weighted by molar-refractivity contribution is -0.126. The molecule has 18 heavy (non-hydrogen) atoms. The third-order valence-electron chi connectivity index (χ3n) is 3.45. The summed E-state index contributed by atoms with van der Waals surface area (Å²) in [5, 5.41) is 2.85. The SMILES string of the molecule is Cc1cc(NC(=O)C(C)(C)C(C)(C)N)cnc1Br. The van der Waals surface area contributed by atoms with Crippen molar-refractivity contribution in [3.8, 4) is 0 Å². The van der Waals surface area contributed by atoms with Gasteiger partial charge in [0.1, 0.15) is 4.60 Å². The van der Waals surface area contributed by atoms with Crippen LogP contribution in [0.3, 0.4) is 0 Å². The van der Waals surface area contributed by atoms with Gasteiger partial charge in [-0.3, -0.25) is 4.79 Å². The van der Waals surface area contributed by atoms with Gasteiger partial charge in [-0.15, -0.1) is 0 Å². The van der Waals surface area contributed by atoms with Crippen molar-refractivity contribution in [2.75, 3.05) is 5.32 Å². The molecule has 0 saturated carbocycles. The van der Waals surface area contributed by atoms with E-state index in [2.05, 4.69) is 26.2 Å². The monoisotopic (exact) mass is 313 g/mol. The molecule has 1 aromatic rings. The number of aryl methyl sites for hydroxylation is 1. The van der Waals surface area contributed by atoms with E-state index in [1.165, 1.54) is 0 Å². The highest BCUT2D eigenvalue weighted by molar-refractivity contribution is 9.10. The van der Waals surface area contributed by atoms with Crippen LogP contribution in [-0.4, -0.2) is 16.4 Å². The van der Waals surface area contributed by atoms with E-state index in [0.717, 1.165) is 10.2 Å². The molecule has 4 nitrogen and oxygen atoms in total. The number of rotatable bonds is 3. The smallest absolute Gasteiger partial charge is 0.231 e. The molecule has 1 amide bonds. The average Bonchev–Trinajstić information content (AvgIpc) is 2.21. The van der Waals surface area contributed by atoms with E-state index in [1.54, 1.807) is 6.20 Å². The molecule has 0 aliphatic rings. The zero-order chi connectivity index (χ0) is 14.1. The standard InChI is InChI=1S/C13H20BrN3O/c1-8-6-9(7-16-10(8)14)17-11(18)12(2,3)13(4,5)15/h6-7H,15H2,1-5H3,(H,17,18). The summed E-state index contributed by atoms with van der Waals surface area (Å²) < 4.78 is 0.777. The van der Waals surface area contributed by atoms with Crippen molar-refractivity contribution >= 4 is 27.5 Å². The predicted molar refractivity (Wildman–Crippen MR) is 77.4 cm³/mol. The summed E-state index contributed by atoms with van der Waals surface area (Å²) in [5.41, 5.74) is 6.41. The van der Waals surface area contributed by atoms with E-state index in [0.29, 0.717) is 5.69 Å². The Kier molecular flexibility index (Phi) is 4.18. The average molecular weight is 314 g/mol. The molecule has 3 N–H and O–H groups in total. The van der Waals surface area contributed by atoms with Crippen LogP contribution in [0, 0.1) is 12.3 Å². The number of hydrogen-bond acceptors (Lipinski definition) is 3. The lowest BCUT2D eigenvalue weighted by Gasteiger charge is -2.36. The molecule has 1 aromatic heterocycles. The van der Waals surface area contributed by atoms with Crippen molar-refractivity contribution in [1.29, 1.82) is 0 Å². The Labute approximate surface area is 116 Å². The Morgan fingerprint density at radius 3 is 2.39 bits per heavy atom. The molecule has 0 spiro atoms. The van der Waals surface area contributed by atoms with Gasteiger partial charge in [-0.25, -0.2) is 4.98 Å². The molecular formula is C13H20BrN3O. The van der Waals surface area contributed by atoms with Crippen LogP contribution < -0.4 is 11.1 Å². The summed E-state index contributed by atoms with van der Waals surface area (Å²) in [6.07, 6.45) is 1.62. The second-order valence-corrected chi connectivity index (χ2v) is 6.38. The third kappa shape index (κ3) is 3.09. The number of carbonyl (C=O) groups excluding carboxylic acids is 1. The van der Waals surface area contributed by atoms with Crippen LogP contribution in [0.4, 0.5) is 5.69 Å². The highest BCUT2D eigenvalue weighted by Gasteiger charge is 2.40. The van der Waals surface area contributed by atoms with Gasteiger partial charge in [0.2, 0.25) is 5.91 Å². The quantitative estimate of drug-likeness (QED) is 0.843. The van der Waals surface area contributed by atoms with Gasteiger partial charge in [0.05, 0.1) is 17.3 Å². The molecule has 0 aliphatic heterocycles. The van der Waals surface area contributed by atoms with Crippen LogP contribution in [-0.2, 0) is 4.79 Å². The van der Waals surface area contributed by atoms with Gasteiger partial charge < -0.3 is 11.1 Å². The molecule has 0 aliphatic carbocycles. The summed E-state index contributed by atoms with van der Waals surface area (Å²) in [7, 11) is 0. The molecule has 100 valence electrons. The number of nitrogens with two attached hydrogens (primary N) is 1. The lowest BCUT2D eigenvalue weighted by Crippen LogP contribution is -2.53. The van der Waals surface area contributed by atoms with Crippen molar-refractivity contribution in [1.82, 2.24) is 4.98 Å². The summed E-state index contributed by atoms with van der Waals surface area (Å²) in [6, 6.07) is 1.87. The van der Waals surface area contributed by atoms with E-state index in [-0.39, 0.29) is 5.91 Å². The number of amides is 1. The van der Waals surface area contributed by atoms with Crippen LogP contribution in [0.15, 0.2) is 16.9 Å². The fourth-order valence-corrected chi connectivity index (χ4v) is 1.42. The van der Waals surface area contributed by atoms with Crippen LogP contribution in [0.5, 0.6) is 0 Å². The number of hydrogen-bond donors (Lipinski definition) is 2. The molecule has 0 saturated heterocycles. The zero-order valence-corrected chi connectivity index (χ0v) is 13.1. The van der Waals surface area contributed by atoms with Crippen molar-refractivity contribution in [3.63, 3.8) is 0 Å². The number of aromatic nitrogens is 1. The van der Waals surface area contributed by atoms with Crippen LogP contribution in [0.25, 0.3) is 0 Å². The normalized spacial score (nSPS) is 12.4. The molecule has 0 radical (unpaired) electrons. The number of anilines is 1. The molecule has 0 bridgehead atoms. The second-order valence-electron chi connectivity index (χ2n) is 5.63. The first-order valence-corrected chi connectivity index (χ1v) is 6.57.